The second kappa shape index (κ2) is 2.62. The zero-order chi connectivity index (χ0) is 10.6. The van der Waals surface area contributed by atoms with E-state index >= 15 is 0 Å². The van der Waals surface area contributed by atoms with Crippen molar-refractivity contribution < 1.29 is 9.53 Å². The van der Waals surface area contributed by atoms with Gasteiger partial charge in [-0.15, -0.1) is 0 Å². The standard InChI is InChI=1S/C12H18O2/c1-5-14-9-8-6-7-12(4,10(9)13)11(8,2)3/h5,8-9H,1,6-7H2,2-4H3/t8-,9-,12+/m1/s1. The summed E-state index contributed by atoms with van der Waals surface area (Å²) in [6, 6.07) is 0. The Kier molecular flexibility index (Phi) is 1.82. The molecule has 2 aliphatic carbocycles. The van der Waals surface area contributed by atoms with Gasteiger partial charge in [0.15, 0.2) is 11.9 Å². The minimum Gasteiger partial charge on any atom is -0.491 e. The highest BCUT2D eigenvalue weighted by molar-refractivity contribution is 5.93. The van der Waals surface area contributed by atoms with Crippen molar-refractivity contribution in [3.63, 3.8) is 0 Å². The van der Waals surface area contributed by atoms with Gasteiger partial charge in [-0.3, -0.25) is 4.79 Å². The molecule has 2 nitrogen and oxygen atoms in total. The Bertz CT molecular complexity index is 293. The van der Waals surface area contributed by atoms with Crippen molar-refractivity contribution in [3.05, 3.63) is 12.8 Å². The molecule has 0 aromatic rings. The third kappa shape index (κ3) is 0.844. The molecule has 0 aromatic heterocycles. The molecule has 2 heteroatoms. The molecule has 2 rings (SSSR count). The Labute approximate surface area is 85.3 Å². The summed E-state index contributed by atoms with van der Waals surface area (Å²) in [5.41, 5.74) is -0.0941. The highest BCUT2D eigenvalue weighted by Crippen LogP contribution is 2.64. The highest BCUT2D eigenvalue weighted by Gasteiger charge is 2.67. The van der Waals surface area contributed by atoms with Crippen LogP contribution in [-0.2, 0) is 9.53 Å². The molecule has 3 atom stereocenters. The minimum atomic E-state index is -0.235. The zero-order valence-corrected chi connectivity index (χ0v) is 9.17. The summed E-state index contributed by atoms with van der Waals surface area (Å²) >= 11 is 0. The van der Waals surface area contributed by atoms with Crippen LogP contribution < -0.4 is 0 Å². The molecule has 0 saturated heterocycles. The summed E-state index contributed by atoms with van der Waals surface area (Å²) in [6.45, 7) is 10.0. The van der Waals surface area contributed by atoms with Crippen LogP contribution in [0, 0.1) is 16.7 Å². The molecule has 78 valence electrons. The van der Waals surface area contributed by atoms with Crippen LogP contribution in [-0.4, -0.2) is 11.9 Å². The molecular formula is C12H18O2. The Morgan fingerprint density at radius 3 is 2.57 bits per heavy atom. The predicted molar refractivity (Wildman–Crippen MR) is 54.7 cm³/mol. The number of rotatable bonds is 2. The van der Waals surface area contributed by atoms with Crippen molar-refractivity contribution in [3.8, 4) is 0 Å². The first-order valence-corrected chi connectivity index (χ1v) is 5.26. The van der Waals surface area contributed by atoms with E-state index in [1.165, 1.54) is 6.26 Å². The van der Waals surface area contributed by atoms with Gasteiger partial charge in [-0.05, 0) is 18.3 Å². The summed E-state index contributed by atoms with van der Waals surface area (Å²) in [5.74, 6) is 0.650. The van der Waals surface area contributed by atoms with Crippen molar-refractivity contribution in [2.24, 2.45) is 16.7 Å². The maximum absolute atomic E-state index is 12.1. The number of hydrogen-bond acceptors (Lipinski definition) is 2. The van der Waals surface area contributed by atoms with Gasteiger partial charge in [0.25, 0.3) is 0 Å². The smallest absolute Gasteiger partial charge is 0.179 e. The summed E-state index contributed by atoms with van der Waals surface area (Å²) in [6.07, 6.45) is 3.29. The molecule has 0 unspecified atom stereocenters. The molecule has 0 heterocycles. The van der Waals surface area contributed by atoms with Crippen molar-refractivity contribution >= 4 is 5.78 Å². The van der Waals surface area contributed by atoms with Crippen LogP contribution >= 0.6 is 0 Å². The lowest BCUT2D eigenvalue weighted by atomic mass is 9.70. The molecule has 2 fully saturated rings. The molecule has 0 aliphatic heterocycles. The number of Topliss-reactive ketones (excluding diaryl/α,β-unsaturated/α-hetero) is 1. The number of ether oxygens (including phenoxy) is 1. The average molecular weight is 194 g/mol. The normalized spacial score (nSPS) is 44.1. The molecule has 0 amide bonds. The van der Waals surface area contributed by atoms with Gasteiger partial charge in [-0.2, -0.15) is 0 Å². The average Bonchev–Trinajstić information content (AvgIpc) is 2.41. The monoisotopic (exact) mass is 194 g/mol. The van der Waals surface area contributed by atoms with Crippen LogP contribution in [0.5, 0.6) is 0 Å². The van der Waals surface area contributed by atoms with E-state index in [0.717, 1.165) is 12.8 Å². The zero-order valence-electron chi connectivity index (χ0n) is 9.17. The van der Waals surface area contributed by atoms with Gasteiger partial charge < -0.3 is 4.74 Å². The fourth-order valence-corrected chi connectivity index (χ4v) is 3.26. The summed E-state index contributed by atoms with van der Waals surface area (Å²) < 4.78 is 5.36. The largest absolute Gasteiger partial charge is 0.491 e. The Hall–Kier alpha value is -0.790. The van der Waals surface area contributed by atoms with Gasteiger partial charge in [0, 0.05) is 11.3 Å². The maximum atomic E-state index is 12.1. The number of ketones is 1. The van der Waals surface area contributed by atoms with Crippen molar-refractivity contribution in [1.29, 1.82) is 0 Å². The van der Waals surface area contributed by atoms with Gasteiger partial charge in [0.05, 0.1) is 6.26 Å². The molecule has 14 heavy (non-hydrogen) atoms. The van der Waals surface area contributed by atoms with Crippen LogP contribution in [0.1, 0.15) is 33.6 Å². The van der Waals surface area contributed by atoms with E-state index in [1.807, 2.05) is 0 Å². The molecule has 0 aromatic carbocycles. The van der Waals surface area contributed by atoms with E-state index in [9.17, 15) is 4.79 Å². The number of fused-ring (bicyclic) bond motifs is 2. The van der Waals surface area contributed by atoms with E-state index in [2.05, 4.69) is 27.4 Å². The third-order valence-electron chi connectivity index (χ3n) is 4.71. The van der Waals surface area contributed by atoms with Crippen LogP contribution in [0.3, 0.4) is 0 Å². The minimum absolute atomic E-state index is 0.0811. The van der Waals surface area contributed by atoms with Gasteiger partial charge >= 0.3 is 0 Å². The van der Waals surface area contributed by atoms with Gasteiger partial charge in [0.2, 0.25) is 0 Å². The quantitative estimate of drug-likeness (QED) is 0.631. The van der Waals surface area contributed by atoms with E-state index in [1.54, 1.807) is 0 Å². The van der Waals surface area contributed by atoms with Crippen LogP contribution in [0.25, 0.3) is 0 Å². The van der Waals surface area contributed by atoms with E-state index in [-0.39, 0.29) is 22.7 Å². The van der Waals surface area contributed by atoms with E-state index in [0.29, 0.717) is 5.92 Å². The van der Waals surface area contributed by atoms with Gasteiger partial charge in [0.1, 0.15) is 0 Å². The van der Waals surface area contributed by atoms with Crippen LogP contribution in [0.4, 0.5) is 0 Å². The van der Waals surface area contributed by atoms with Crippen molar-refractivity contribution in [2.45, 2.75) is 39.7 Å². The van der Waals surface area contributed by atoms with E-state index < -0.39 is 0 Å². The topological polar surface area (TPSA) is 26.3 Å². The molecule has 0 spiro atoms. The van der Waals surface area contributed by atoms with Crippen LogP contribution in [0.2, 0.25) is 0 Å². The first-order valence-electron chi connectivity index (χ1n) is 5.26. The third-order valence-corrected chi connectivity index (χ3v) is 4.71. The van der Waals surface area contributed by atoms with Gasteiger partial charge in [-0.25, -0.2) is 0 Å². The number of hydrogen-bond donors (Lipinski definition) is 0. The molecule has 0 radical (unpaired) electrons. The Morgan fingerprint density at radius 2 is 2.14 bits per heavy atom. The fourth-order valence-electron chi connectivity index (χ4n) is 3.26. The lowest BCUT2D eigenvalue weighted by molar-refractivity contribution is -0.135. The van der Waals surface area contributed by atoms with Crippen molar-refractivity contribution in [1.82, 2.24) is 0 Å². The van der Waals surface area contributed by atoms with E-state index in [4.69, 9.17) is 4.74 Å². The van der Waals surface area contributed by atoms with Crippen molar-refractivity contribution in [2.75, 3.05) is 0 Å². The Morgan fingerprint density at radius 1 is 1.50 bits per heavy atom. The Balaban J connectivity index is 2.38. The number of carbonyl (C=O) groups excluding carboxylic acids is 1. The fraction of sp³-hybridized carbons (Fsp3) is 0.750. The second-order valence-corrected chi connectivity index (χ2v) is 5.29. The molecule has 2 aliphatic rings. The summed E-state index contributed by atoms with van der Waals surface area (Å²) in [4.78, 5) is 12.1. The SMILES string of the molecule is C=CO[C@H]1C(=O)[C@]2(C)CC[C@H]1C2(C)C. The molecule has 0 N–H and O–H groups in total. The molecule has 2 saturated carbocycles. The summed E-state index contributed by atoms with van der Waals surface area (Å²) in [7, 11) is 0. The van der Waals surface area contributed by atoms with Crippen LogP contribution in [0.15, 0.2) is 12.8 Å². The second-order valence-electron chi connectivity index (χ2n) is 5.29. The maximum Gasteiger partial charge on any atom is 0.179 e. The van der Waals surface area contributed by atoms with Gasteiger partial charge in [-0.1, -0.05) is 27.4 Å². The highest BCUT2D eigenvalue weighted by atomic mass is 16.5. The first kappa shape index (κ1) is 9.75. The molecular weight excluding hydrogens is 176 g/mol. The number of carbonyl (C=O) groups is 1. The molecule has 2 bridgehead atoms. The lowest BCUT2D eigenvalue weighted by Gasteiger charge is -2.31. The first-order chi connectivity index (χ1) is 6.45. The lowest BCUT2D eigenvalue weighted by Crippen LogP contribution is -2.35. The summed E-state index contributed by atoms with van der Waals surface area (Å²) in [5, 5.41) is 0. The predicted octanol–water partition coefficient (Wildman–Crippen LogP) is 2.54.